The molecule has 0 radical (unpaired) electrons. The first-order valence-electron chi connectivity index (χ1n) is 24.9. The number of aryl methyl sites for hydroxylation is 1. The summed E-state index contributed by atoms with van der Waals surface area (Å²) in [5.74, 6) is -0.593. The van der Waals surface area contributed by atoms with Gasteiger partial charge in [-0.25, -0.2) is 15.0 Å². The van der Waals surface area contributed by atoms with Gasteiger partial charge in [-0.1, -0.05) is 0 Å². The van der Waals surface area contributed by atoms with Gasteiger partial charge in [0.15, 0.2) is 0 Å². The van der Waals surface area contributed by atoms with E-state index in [9.17, 15) is 29.1 Å². The lowest BCUT2D eigenvalue weighted by Gasteiger charge is -2.48. The lowest BCUT2D eigenvalue weighted by molar-refractivity contribution is -0.136. The van der Waals surface area contributed by atoms with Gasteiger partial charge in [0.2, 0.25) is 17.7 Å². The van der Waals surface area contributed by atoms with Crippen molar-refractivity contribution in [1.29, 1.82) is 0 Å². The molecule has 3 saturated heterocycles. The van der Waals surface area contributed by atoms with E-state index in [-0.39, 0.29) is 36.4 Å². The standard InChI is InChI=1S/C53H58N10O7S/c1-29-23-33(16-19-60(29)34-9-11-39-40(25-34)52(68)63(51(39)67)42-12-14-45(65)58-49(42)66)59-21-22-61(30(2)28-59)35-10-13-44(55-27-35)57-41-24-32(26-56-50(41)70-4)36-15-18-54-48(46(36)31(3)64)62-20-17-38-37-7-5-6-8-43(37)71-47(38)53(62)69/h9-11,13,15,18,24-27,29-31,33,42,64H,5-8,12,14,16-17,19-23,28H2,1-4H3,(H,55,57)(H,58,65,66)/t29-,30-,31+,33?,42-/m0/s1. The van der Waals surface area contributed by atoms with Gasteiger partial charge in [-0.3, -0.25) is 44.0 Å². The fraction of sp³-hybridized carbons (Fsp3) is 0.434. The number of piperazine rings is 1. The number of carbonyl (C=O) groups is 5. The SMILES string of the molecule is COc1ncc(-c2ccnc(N3CCc4c(sc5c4CCCC5)C3=O)c2[C@@H](C)O)cc1Nc1ccc(N2CCN(C3CCN(c4ccc5c(c4)C(=O)N([C@H]4CCC(=O)NC4=O)C5=O)[C@@H](C)C3)C[C@@H]2C)cn1. The van der Waals surface area contributed by atoms with E-state index in [0.717, 1.165) is 103 Å². The molecule has 1 aliphatic carbocycles. The van der Waals surface area contributed by atoms with Crippen LogP contribution in [-0.2, 0) is 28.9 Å². The maximum absolute atomic E-state index is 14.1. The third kappa shape index (κ3) is 8.38. The molecule has 18 heteroatoms. The number of hydrogen-bond acceptors (Lipinski definition) is 15. The largest absolute Gasteiger partial charge is 0.480 e. The van der Waals surface area contributed by atoms with Gasteiger partial charge in [0.25, 0.3) is 17.7 Å². The zero-order chi connectivity index (χ0) is 49.2. The summed E-state index contributed by atoms with van der Waals surface area (Å²) < 4.78 is 5.69. The number of imide groups is 2. The molecule has 0 bridgehead atoms. The predicted molar refractivity (Wildman–Crippen MR) is 270 cm³/mol. The Hall–Kier alpha value is -6.76. The fourth-order valence-corrected chi connectivity index (χ4v) is 13.3. The van der Waals surface area contributed by atoms with Crippen molar-refractivity contribution < 1.29 is 33.8 Å². The van der Waals surface area contributed by atoms with Crippen LogP contribution in [0.2, 0.25) is 0 Å². The third-order valence-corrected chi connectivity index (χ3v) is 16.7. The molecule has 3 fully saturated rings. The first-order chi connectivity index (χ1) is 34.4. The number of nitrogens with zero attached hydrogens (tertiary/aromatic N) is 8. The molecular weight excluding hydrogens is 921 g/mol. The van der Waals surface area contributed by atoms with Crippen molar-refractivity contribution >= 4 is 69.6 Å². The Kier molecular flexibility index (Phi) is 12.3. The van der Waals surface area contributed by atoms with Crippen molar-refractivity contribution in [3.05, 3.63) is 98.6 Å². The normalized spacial score (nSPS) is 23.1. The highest BCUT2D eigenvalue weighted by molar-refractivity contribution is 7.14. The van der Waals surface area contributed by atoms with Gasteiger partial charge in [-0.05, 0) is 131 Å². The Labute approximate surface area is 416 Å². The second-order valence-electron chi connectivity index (χ2n) is 19.7. The van der Waals surface area contributed by atoms with Crippen LogP contribution in [0.25, 0.3) is 11.1 Å². The minimum absolute atomic E-state index is 0.0519. The number of carbonyl (C=O) groups excluding carboxylic acids is 5. The molecule has 4 aromatic heterocycles. The van der Waals surface area contributed by atoms with Crippen LogP contribution < -0.4 is 30.1 Å². The number of amides is 5. The lowest BCUT2D eigenvalue weighted by Crippen LogP contribution is -2.58. The van der Waals surface area contributed by atoms with Gasteiger partial charge in [0, 0.05) is 91.4 Å². The van der Waals surface area contributed by atoms with Crippen LogP contribution in [0.15, 0.2) is 61.1 Å². The fourth-order valence-electron chi connectivity index (χ4n) is 11.9. The first-order valence-corrected chi connectivity index (χ1v) is 25.7. The molecule has 5 atom stereocenters. The van der Waals surface area contributed by atoms with Crippen LogP contribution in [-0.4, -0.2) is 123 Å². The number of anilines is 5. The van der Waals surface area contributed by atoms with Gasteiger partial charge in [0.1, 0.15) is 23.4 Å². The van der Waals surface area contributed by atoms with Crippen LogP contribution in [0.5, 0.6) is 5.88 Å². The summed E-state index contributed by atoms with van der Waals surface area (Å²) in [5.41, 5.74) is 7.68. The Morgan fingerprint density at radius 1 is 0.789 bits per heavy atom. The van der Waals surface area contributed by atoms with Crippen molar-refractivity contribution in [3.8, 4) is 17.0 Å². The Bertz CT molecular complexity index is 2980. The number of hydrogen-bond donors (Lipinski definition) is 3. The van der Waals surface area contributed by atoms with Crippen molar-refractivity contribution in [3.63, 3.8) is 0 Å². The van der Waals surface area contributed by atoms with Crippen molar-refractivity contribution in [2.24, 2.45) is 0 Å². The molecule has 1 unspecified atom stereocenters. The van der Waals surface area contributed by atoms with Gasteiger partial charge < -0.3 is 25.0 Å². The molecule has 368 valence electrons. The molecule has 0 spiro atoms. The zero-order valence-electron chi connectivity index (χ0n) is 40.4. The second-order valence-corrected chi connectivity index (χ2v) is 20.8. The molecule has 1 aromatic carbocycles. The topological polar surface area (TPSA) is 194 Å². The number of methoxy groups -OCH3 is 1. The minimum atomic E-state index is -0.992. The van der Waals surface area contributed by atoms with Crippen LogP contribution >= 0.6 is 11.3 Å². The average molecular weight is 979 g/mol. The van der Waals surface area contributed by atoms with E-state index in [1.54, 1.807) is 54.8 Å². The van der Waals surface area contributed by atoms with Crippen molar-refractivity contribution in [2.75, 3.05) is 59.9 Å². The molecule has 5 aliphatic heterocycles. The molecule has 11 rings (SSSR count). The first kappa shape index (κ1) is 46.6. The number of aliphatic hydroxyl groups excluding tert-OH is 1. The van der Waals surface area contributed by atoms with E-state index in [0.29, 0.717) is 46.9 Å². The number of piperidine rings is 2. The van der Waals surface area contributed by atoms with E-state index in [4.69, 9.17) is 14.7 Å². The number of nitrogens with one attached hydrogen (secondary N) is 2. The van der Waals surface area contributed by atoms with E-state index >= 15 is 0 Å². The zero-order valence-corrected chi connectivity index (χ0v) is 41.3. The lowest BCUT2D eigenvalue weighted by atomic mass is 9.91. The van der Waals surface area contributed by atoms with Gasteiger partial charge in [-0.15, -0.1) is 11.3 Å². The smallest absolute Gasteiger partial charge is 0.269 e. The van der Waals surface area contributed by atoms with E-state index in [2.05, 4.69) is 50.2 Å². The Balaban J connectivity index is 0.732. The summed E-state index contributed by atoms with van der Waals surface area (Å²) in [6.07, 6.45) is 11.6. The van der Waals surface area contributed by atoms with Crippen LogP contribution in [0, 0.1) is 0 Å². The summed E-state index contributed by atoms with van der Waals surface area (Å²) in [6, 6.07) is 13.0. The van der Waals surface area contributed by atoms with Crippen LogP contribution in [0.4, 0.5) is 28.7 Å². The summed E-state index contributed by atoms with van der Waals surface area (Å²) in [4.78, 5) is 91.6. The molecule has 71 heavy (non-hydrogen) atoms. The third-order valence-electron chi connectivity index (χ3n) is 15.4. The number of pyridine rings is 3. The quantitative estimate of drug-likeness (QED) is 0.129. The summed E-state index contributed by atoms with van der Waals surface area (Å²) in [5, 5.41) is 17.0. The highest BCUT2D eigenvalue weighted by Crippen LogP contribution is 2.42. The van der Waals surface area contributed by atoms with Gasteiger partial charge in [-0.2, -0.15) is 0 Å². The highest BCUT2D eigenvalue weighted by atomic mass is 32.1. The minimum Gasteiger partial charge on any atom is -0.480 e. The highest BCUT2D eigenvalue weighted by Gasteiger charge is 2.45. The summed E-state index contributed by atoms with van der Waals surface area (Å²) >= 11 is 1.63. The predicted octanol–water partition coefficient (Wildman–Crippen LogP) is 6.46. The number of aromatic nitrogens is 3. The molecular formula is C53H58N10O7S. The number of thiophene rings is 1. The maximum Gasteiger partial charge on any atom is 0.269 e. The number of ether oxygens (including phenoxy) is 1. The second kappa shape index (κ2) is 18.8. The number of fused-ring (bicyclic) bond motifs is 4. The number of rotatable bonds is 10. The monoisotopic (exact) mass is 978 g/mol. The maximum atomic E-state index is 14.1. The number of aliphatic hydroxyl groups is 1. The molecule has 9 heterocycles. The summed E-state index contributed by atoms with van der Waals surface area (Å²) in [7, 11) is 1.57. The molecule has 3 N–H and O–H groups in total. The molecule has 5 amide bonds. The Morgan fingerprint density at radius 3 is 2.35 bits per heavy atom. The van der Waals surface area contributed by atoms with Crippen LogP contribution in [0.3, 0.4) is 0 Å². The van der Waals surface area contributed by atoms with Gasteiger partial charge in [0.05, 0.1) is 41.1 Å². The Morgan fingerprint density at radius 2 is 1.59 bits per heavy atom. The number of benzene rings is 1. The molecule has 0 saturated carbocycles. The van der Waals surface area contributed by atoms with E-state index in [1.165, 1.54) is 16.0 Å². The molecule has 6 aliphatic rings. The summed E-state index contributed by atoms with van der Waals surface area (Å²) in [6.45, 7) is 10.1. The average Bonchev–Trinajstić information content (AvgIpc) is 3.87. The molecule has 5 aromatic rings. The van der Waals surface area contributed by atoms with Crippen molar-refractivity contribution in [1.82, 2.24) is 30.1 Å². The van der Waals surface area contributed by atoms with Crippen LogP contribution in [0.1, 0.15) is 117 Å². The van der Waals surface area contributed by atoms with E-state index < -0.39 is 35.8 Å². The van der Waals surface area contributed by atoms with E-state index in [1.807, 2.05) is 30.5 Å². The van der Waals surface area contributed by atoms with Crippen molar-refractivity contribution in [2.45, 2.75) is 109 Å². The van der Waals surface area contributed by atoms with Gasteiger partial charge >= 0.3 is 0 Å². The molecule has 17 nitrogen and oxygen atoms in total.